The van der Waals surface area contributed by atoms with Crippen molar-refractivity contribution in [2.24, 2.45) is 5.10 Å². The molecule has 2 heterocycles. The fourth-order valence-corrected chi connectivity index (χ4v) is 3.38. The van der Waals surface area contributed by atoms with Crippen molar-refractivity contribution in [1.82, 2.24) is 20.7 Å². The molecule has 0 unspecified atom stereocenters. The Morgan fingerprint density at radius 1 is 1.00 bits per heavy atom. The van der Waals surface area contributed by atoms with Crippen LogP contribution in [0.1, 0.15) is 30.7 Å². The summed E-state index contributed by atoms with van der Waals surface area (Å²) in [5, 5.41) is 11.0. The van der Waals surface area contributed by atoms with E-state index in [1.165, 1.54) is 5.56 Å². The quantitative estimate of drug-likeness (QED) is 0.489. The first-order valence-electron chi connectivity index (χ1n) is 10.4. The minimum absolute atomic E-state index is 0.176. The predicted molar refractivity (Wildman–Crippen MR) is 119 cm³/mol. The number of carbonyl (C=O) groups is 2. The molecule has 3 aromatic rings. The molecule has 1 aliphatic rings. The van der Waals surface area contributed by atoms with Gasteiger partial charge in [0, 0.05) is 24.8 Å². The van der Waals surface area contributed by atoms with Crippen molar-refractivity contribution >= 4 is 34.2 Å². The lowest BCUT2D eigenvalue weighted by Crippen LogP contribution is -2.36. The molecule has 0 radical (unpaired) electrons. The predicted octanol–water partition coefficient (Wildman–Crippen LogP) is 2.56. The van der Waals surface area contributed by atoms with Gasteiger partial charge >= 0.3 is 0 Å². The van der Waals surface area contributed by atoms with Gasteiger partial charge in [0.05, 0.1) is 12.1 Å². The molecule has 3 N–H and O–H groups in total. The molecule has 158 valence electrons. The van der Waals surface area contributed by atoms with E-state index in [1.54, 1.807) is 0 Å². The highest BCUT2D eigenvalue weighted by Crippen LogP contribution is 2.20. The third-order valence-electron chi connectivity index (χ3n) is 5.00. The topological polar surface area (TPSA) is 108 Å². The summed E-state index contributed by atoms with van der Waals surface area (Å²) in [4.78, 5) is 32.7. The van der Waals surface area contributed by atoms with Crippen molar-refractivity contribution in [2.45, 2.75) is 32.2 Å². The third kappa shape index (κ3) is 5.42. The largest absolute Gasteiger partial charge is 0.369 e. The lowest BCUT2D eigenvalue weighted by molar-refractivity contribution is -0.121. The van der Waals surface area contributed by atoms with Gasteiger partial charge in [-0.2, -0.15) is 5.10 Å². The Kier molecular flexibility index (Phi) is 6.47. The maximum absolute atomic E-state index is 12.3. The van der Waals surface area contributed by atoms with Gasteiger partial charge in [-0.3, -0.25) is 9.59 Å². The number of benzene rings is 2. The molecule has 8 nitrogen and oxygen atoms in total. The number of para-hydroxylation sites is 1. The molecule has 0 saturated heterocycles. The molecule has 0 aliphatic carbocycles. The number of aromatic nitrogens is 2. The van der Waals surface area contributed by atoms with Crippen molar-refractivity contribution in [2.75, 3.05) is 11.9 Å². The Hall–Kier alpha value is -3.81. The van der Waals surface area contributed by atoms with E-state index < -0.39 is 0 Å². The van der Waals surface area contributed by atoms with Crippen LogP contribution in [0.4, 0.5) is 5.82 Å². The second-order valence-corrected chi connectivity index (χ2v) is 7.30. The minimum atomic E-state index is -0.325. The number of aryl methyl sites for hydroxylation is 1. The van der Waals surface area contributed by atoms with Crippen molar-refractivity contribution in [3.63, 3.8) is 0 Å². The number of fused-ring (bicyclic) bond motifs is 1. The zero-order valence-corrected chi connectivity index (χ0v) is 17.1. The Labute approximate surface area is 180 Å². The van der Waals surface area contributed by atoms with E-state index in [0.29, 0.717) is 18.0 Å². The normalized spacial score (nSPS) is 13.4. The number of anilines is 1. The molecule has 0 fully saturated rings. The Morgan fingerprint density at radius 2 is 1.81 bits per heavy atom. The van der Waals surface area contributed by atoms with Gasteiger partial charge in [-0.1, -0.05) is 42.5 Å². The second-order valence-electron chi connectivity index (χ2n) is 7.30. The maximum atomic E-state index is 12.3. The first kappa shape index (κ1) is 20.5. The summed E-state index contributed by atoms with van der Waals surface area (Å²) in [7, 11) is 0. The van der Waals surface area contributed by atoms with Crippen molar-refractivity contribution in [1.29, 1.82) is 0 Å². The Bertz CT molecular complexity index is 1110. The zero-order valence-electron chi connectivity index (χ0n) is 17.1. The van der Waals surface area contributed by atoms with E-state index in [1.807, 2.05) is 42.5 Å². The number of nitrogens with zero attached hydrogens (tertiary/aromatic N) is 3. The summed E-state index contributed by atoms with van der Waals surface area (Å²) < 4.78 is 0. The van der Waals surface area contributed by atoms with Gasteiger partial charge in [0.25, 0.3) is 5.91 Å². The van der Waals surface area contributed by atoms with Gasteiger partial charge in [0.15, 0.2) is 5.82 Å². The smallest absolute Gasteiger partial charge is 0.267 e. The van der Waals surface area contributed by atoms with Crippen LogP contribution in [0.2, 0.25) is 0 Å². The average molecular weight is 416 g/mol. The van der Waals surface area contributed by atoms with Gasteiger partial charge in [-0.05, 0) is 30.5 Å². The van der Waals surface area contributed by atoms with E-state index in [2.05, 4.69) is 43.3 Å². The molecule has 0 spiro atoms. The third-order valence-corrected chi connectivity index (χ3v) is 5.00. The number of hydrogen-bond donors (Lipinski definition) is 3. The van der Waals surface area contributed by atoms with Crippen LogP contribution < -0.4 is 16.1 Å². The number of amides is 2. The first-order chi connectivity index (χ1) is 15.2. The van der Waals surface area contributed by atoms with Gasteiger partial charge < -0.3 is 10.6 Å². The first-order valence-corrected chi connectivity index (χ1v) is 10.4. The van der Waals surface area contributed by atoms with E-state index in [4.69, 9.17) is 0 Å². The molecular weight excluding hydrogens is 392 g/mol. The average Bonchev–Trinajstić information content (AvgIpc) is 2.81. The Morgan fingerprint density at radius 3 is 2.61 bits per heavy atom. The highest BCUT2D eigenvalue weighted by Gasteiger charge is 2.18. The lowest BCUT2D eigenvalue weighted by Gasteiger charge is -2.13. The summed E-state index contributed by atoms with van der Waals surface area (Å²) in [6.07, 6.45) is 2.54. The summed E-state index contributed by atoms with van der Waals surface area (Å²) in [6, 6.07) is 18.2. The van der Waals surface area contributed by atoms with E-state index in [-0.39, 0.29) is 24.8 Å². The van der Waals surface area contributed by atoms with E-state index >= 15 is 0 Å². The molecule has 4 rings (SSSR count). The minimum Gasteiger partial charge on any atom is -0.369 e. The molecule has 31 heavy (non-hydrogen) atoms. The molecule has 2 amide bonds. The molecule has 2 aromatic carbocycles. The number of carbonyl (C=O) groups excluding carboxylic acids is 2. The van der Waals surface area contributed by atoms with Gasteiger partial charge in [0.1, 0.15) is 11.5 Å². The van der Waals surface area contributed by atoms with Crippen LogP contribution in [0.25, 0.3) is 10.9 Å². The highest BCUT2D eigenvalue weighted by atomic mass is 16.2. The fraction of sp³-hybridized carbons (Fsp3) is 0.261. The maximum Gasteiger partial charge on any atom is 0.267 e. The van der Waals surface area contributed by atoms with Gasteiger partial charge in [-0.15, -0.1) is 0 Å². The van der Waals surface area contributed by atoms with Crippen LogP contribution in [0.5, 0.6) is 0 Å². The van der Waals surface area contributed by atoms with E-state index in [0.717, 1.165) is 36.1 Å². The standard InChI is InChI=1S/C23H24N6O2/c30-21-13-12-19(28-29-21)23(31)25-15-20-26-18-11-5-4-10-17(18)22(27-20)24-14-6-9-16-7-2-1-3-8-16/h1-5,7-8,10-11H,6,9,12-15H2,(H,25,31)(H,29,30)(H,24,26,27). The second kappa shape index (κ2) is 9.80. The molecule has 1 aromatic heterocycles. The number of hydrogen-bond acceptors (Lipinski definition) is 6. The van der Waals surface area contributed by atoms with Crippen LogP contribution in [0.3, 0.4) is 0 Å². The lowest BCUT2D eigenvalue weighted by atomic mass is 10.1. The van der Waals surface area contributed by atoms with Crippen LogP contribution >= 0.6 is 0 Å². The SMILES string of the molecule is O=C1CCC(C(=O)NCc2nc(NCCCc3ccccc3)c3ccccc3n2)=NN1. The fourth-order valence-electron chi connectivity index (χ4n) is 3.38. The molecular formula is C23H24N6O2. The highest BCUT2D eigenvalue weighted by molar-refractivity contribution is 6.39. The van der Waals surface area contributed by atoms with Gasteiger partial charge in [-0.25, -0.2) is 15.4 Å². The Balaban J connectivity index is 1.41. The molecule has 0 bridgehead atoms. The molecule has 1 aliphatic heterocycles. The summed E-state index contributed by atoms with van der Waals surface area (Å²) in [5.41, 5.74) is 4.76. The van der Waals surface area contributed by atoms with Crippen molar-refractivity contribution in [3.05, 3.63) is 66.0 Å². The molecule has 0 saturated carbocycles. The summed E-state index contributed by atoms with van der Waals surface area (Å²) in [5.74, 6) is 0.759. The number of rotatable bonds is 8. The van der Waals surface area contributed by atoms with Crippen molar-refractivity contribution < 1.29 is 9.59 Å². The van der Waals surface area contributed by atoms with Crippen LogP contribution in [-0.2, 0) is 22.6 Å². The zero-order chi connectivity index (χ0) is 21.5. The van der Waals surface area contributed by atoms with Gasteiger partial charge in [0.2, 0.25) is 5.91 Å². The number of hydrazone groups is 1. The summed E-state index contributed by atoms with van der Waals surface area (Å²) >= 11 is 0. The van der Waals surface area contributed by atoms with Crippen LogP contribution in [-0.4, -0.2) is 34.0 Å². The summed E-state index contributed by atoms with van der Waals surface area (Å²) in [6.45, 7) is 0.952. The molecule has 0 atom stereocenters. The van der Waals surface area contributed by atoms with Crippen LogP contribution in [0.15, 0.2) is 59.7 Å². The van der Waals surface area contributed by atoms with Crippen molar-refractivity contribution in [3.8, 4) is 0 Å². The van der Waals surface area contributed by atoms with Crippen LogP contribution in [0, 0.1) is 0 Å². The number of nitrogens with one attached hydrogen (secondary N) is 3. The molecule has 8 heteroatoms. The van der Waals surface area contributed by atoms with E-state index in [9.17, 15) is 9.59 Å². The monoisotopic (exact) mass is 416 g/mol.